The number of benzene rings is 7. The first-order chi connectivity index (χ1) is 24.5. The molecular formula is C44H32N2O2P2. The van der Waals surface area contributed by atoms with E-state index in [-0.39, 0.29) is 0 Å². The standard InChI is InChI=1S/C44H32N2O2P2/c47-49(34-12-4-1-5-13-34,35-14-6-2-7-15-35)37-24-21-33(22-25-37)46-43-19-11-10-18-40(43)41-30-38(26-27-44(41)46)50(48,36-16-8-3-9-17-36)39-23-20-32-28-29-45-42(32)31-39/h1-31,45H. The van der Waals surface area contributed by atoms with E-state index >= 15 is 9.13 Å². The first kappa shape index (κ1) is 30.4. The Balaban J connectivity index is 1.21. The number of hydrogen-bond acceptors (Lipinski definition) is 2. The second-order valence-corrected chi connectivity index (χ2v) is 18.1. The fraction of sp³-hybridized carbons (Fsp3) is 0. The van der Waals surface area contributed by atoms with Crippen molar-refractivity contribution in [2.75, 3.05) is 0 Å². The minimum absolute atomic E-state index is 0.782. The Bertz CT molecular complexity index is 2710. The molecular weight excluding hydrogens is 650 g/mol. The van der Waals surface area contributed by atoms with Gasteiger partial charge in [-0.05, 0) is 66.0 Å². The minimum atomic E-state index is -3.25. The Hall–Kier alpha value is -5.66. The van der Waals surface area contributed by atoms with Crippen LogP contribution in [0, 0.1) is 0 Å². The molecule has 1 unspecified atom stereocenters. The molecule has 0 saturated carbocycles. The number of aromatic amines is 1. The predicted octanol–water partition coefficient (Wildman–Crippen LogP) is 8.54. The smallest absolute Gasteiger partial charge is 0.171 e. The lowest BCUT2D eigenvalue weighted by atomic mass is 10.1. The molecule has 0 aliphatic heterocycles. The summed E-state index contributed by atoms with van der Waals surface area (Å²) in [6.07, 6.45) is 1.91. The molecule has 0 saturated heterocycles. The highest BCUT2D eigenvalue weighted by Gasteiger charge is 2.32. The maximum atomic E-state index is 15.6. The molecule has 9 aromatic rings. The summed E-state index contributed by atoms with van der Waals surface area (Å²) in [6.45, 7) is 0. The fourth-order valence-electron chi connectivity index (χ4n) is 7.29. The number of nitrogens with zero attached hydrogens (tertiary/aromatic N) is 1. The molecule has 240 valence electrons. The van der Waals surface area contributed by atoms with Gasteiger partial charge in [-0.2, -0.15) is 0 Å². The van der Waals surface area contributed by atoms with Gasteiger partial charge in [0, 0.05) is 60.0 Å². The van der Waals surface area contributed by atoms with E-state index in [1.54, 1.807) is 0 Å². The van der Waals surface area contributed by atoms with E-state index in [0.717, 1.165) is 70.2 Å². The lowest BCUT2D eigenvalue weighted by molar-refractivity contribution is 0.591. The summed E-state index contributed by atoms with van der Waals surface area (Å²) in [5.74, 6) is 0. The molecule has 0 bridgehead atoms. The van der Waals surface area contributed by atoms with Gasteiger partial charge in [-0.25, -0.2) is 0 Å². The number of para-hydroxylation sites is 1. The summed E-state index contributed by atoms with van der Waals surface area (Å²) in [5, 5.41) is 7.96. The molecule has 0 radical (unpaired) electrons. The summed E-state index contributed by atoms with van der Waals surface area (Å²) in [7, 11) is -6.35. The number of nitrogens with one attached hydrogen (secondary N) is 1. The molecule has 1 atom stereocenters. The van der Waals surface area contributed by atoms with Crippen LogP contribution < -0.4 is 31.8 Å². The Kier molecular flexibility index (Phi) is 7.32. The van der Waals surface area contributed by atoms with Crippen LogP contribution in [-0.4, -0.2) is 9.55 Å². The van der Waals surface area contributed by atoms with Crippen LogP contribution in [0.15, 0.2) is 188 Å². The molecule has 0 aliphatic rings. The summed E-state index contributed by atoms with van der Waals surface area (Å²) < 4.78 is 32.8. The molecule has 6 heteroatoms. The van der Waals surface area contributed by atoms with E-state index in [0.29, 0.717) is 0 Å². The lowest BCUT2D eigenvalue weighted by Crippen LogP contribution is -2.25. The van der Waals surface area contributed by atoms with Gasteiger partial charge in [0.1, 0.15) is 0 Å². The van der Waals surface area contributed by atoms with Crippen molar-refractivity contribution >= 4 is 78.8 Å². The van der Waals surface area contributed by atoms with Crippen molar-refractivity contribution in [3.05, 3.63) is 188 Å². The van der Waals surface area contributed by atoms with Crippen molar-refractivity contribution in [1.29, 1.82) is 0 Å². The first-order valence-corrected chi connectivity index (χ1v) is 20.1. The highest BCUT2D eigenvalue weighted by molar-refractivity contribution is 7.85. The van der Waals surface area contributed by atoms with Gasteiger partial charge in [-0.15, -0.1) is 0 Å². The predicted molar refractivity (Wildman–Crippen MR) is 211 cm³/mol. The summed E-state index contributed by atoms with van der Waals surface area (Å²) >= 11 is 0. The quantitative estimate of drug-likeness (QED) is 0.171. The maximum Gasteiger partial charge on any atom is 0.171 e. The van der Waals surface area contributed by atoms with Gasteiger partial charge in [0.15, 0.2) is 14.3 Å². The summed E-state index contributed by atoms with van der Waals surface area (Å²) in [4.78, 5) is 3.30. The van der Waals surface area contributed by atoms with E-state index in [1.807, 2.05) is 152 Å². The van der Waals surface area contributed by atoms with Crippen LogP contribution in [0.1, 0.15) is 0 Å². The Labute approximate surface area is 290 Å². The summed E-state index contributed by atoms with van der Waals surface area (Å²) in [5.41, 5.74) is 3.98. The van der Waals surface area contributed by atoms with Crippen LogP contribution in [0.2, 0.25) is 0 Å². The monoisotopic (exact) mass is 682 g/mol. The van der Waals surface area contributed by atoms with Crippen LogP contribution in [0.4, 0.5) is 0 Å². The minimum Gasteiger partial charge on any atom is -0.361 e. The van der Waals surface area contributed by atoms with E-state index in [4.69, 9.17) is 0 Å². The fourth-order valence-corrected chi connectivity index (χ4v) is 12.6. The third-order valence-electron chi connectivity index (χ3n) is 9.75. The van der Waals surface area contributed by atoms with E-state index in [9.17, 15) is 0 Å². The van der Waals surface area contributed by atoms with Crippen molar-refractivity contribution in [2.24, 2.45) is 0 Å². The Morgan fingerprint density at radius 2 is 0.880 bits per heavy atom. The molecule has 50 heavy (non-hydrogen) atoms. The topological polar surface area (TPSA) is 54.9 Å². The van der Waals surface area contributed by atoms with E-state index in [1.165, 1.54) is 0 Å². The van der Waals surface area contributed by atoms with Gasteiger partial charge in [0.25, 0.3) is 0 Å². The molecule has 2 aromatic heterocycles. The van der Waals surface area contributed by atoms with E-state index < -0.39 is 14.3 Å². The molecule has 0 aliphatic carbocycles. The Morgan fingerprint density at radius 3 is 1.52 bits per heavy atom. The van der Waals surface area contributed by atoms with Crippen LogP contribution in [0.3, 0.4) is 0 Å². The van der Waals surface area contributed by atoms with Crippen molar-refractivity contribution in [3.8, 4) is 5.69 Å². The molecule has 4 nitrogen and oxygen atoms in total. The van der Waals surface area contributed by atoms with E-state index in [2.05, 4.69) is 45.9 Å². The second kappa shape index (κ2) is 12.0. The number of H-pyrrole nitrogens is 1. The molecule has 7 aromatic carbocycles. The van der Waals surface area contributed by atoms with Gasteiger partial charge in [-0.1, -0.05) is 121 Å². The Morgan fingerprint density at radius 1 is 0.400 bits per heavy atom. The second-order valence-electron chi connectivity index (χ2n) is 12.5. The maximum absolute atomic E-state index is 15.6. The number of aromatic nitrogens is 2. The normalized spacial score (nSPS) is 13.1. The number of rotatable bonds is 7. The zero-order chi connectivity index (χ0) is 33.7. The molecule has 9 rings (SSSR count). The van der Waals surface area contributed by atoms with Gasteiger partial charge in [-0.3, -0.25) is 0 Å². The highest BCUT2D eigenvalue weighted by atomic mass is 31.2. The lowest BCUT2D eigenvalue weighted by Gasteiger charge is -2.21. The van der Waals surface area contributed by atoms with Gasteiger partial charge >= 0.3 is 0 Å². The van der Waals surface area contributed by atoms with Gasteiger partial charge < -0.3 is 18.7 Å². The van der Waals surface area contributed by atoms with Crippen molar-refractivity contribution in [1.82, 2.24) is 9.55 Å². The average Bonchev–Trinajstić information content (AvgIpc) is 3.80. The first-order valence-electron chi connectivity index (χ1n) is 16.6. The van der Waals surface area contributed by atoms with Crippen LogP contribution in [-0.2, 0) is 9.13 Å². The molecule has 0 amide bonds. The highest BCUT2D eigenvalue weighted by Crippen LogP contribution is 2.45. The van der Waals surface area contributed by atoms with Crippen molar-refractivity contribution in [3.63, 3.8) is 0 Å². The third kappa shape index (κ3) is 4.76. The summed E-state index contributed by atoms with van der Waals surface area (Å²) in [6, 6.07) is 60.2. The van der Waals surface area contributed by atoms with Gasteiger partial charge in [0.2, 0.25) is 0 Å². The molecule has 0 fully saturated rings. The molecule has 1 N–H and O–H groups in total. The number of hydrogen-bond donors (Lipinski definition) is 1. The number of fused-ring (bicyclic) bond motifs is 4. The SMILES string of the molecule is O=P(c1ccccc1)(c1ccccc1)c1ccc(-n2c3ccccc3c3cc(P(=O)(c4ccccc4)c4ccc5cc[nH]c5c4)ccc32)cc1. The molecule has 0 spiro atoms. The average molecular weight is 683 g/mol. The third-order valence-corrected chi connectivity index (χ3v) is 15.9. The van der Waals surface area contributed by atoms with Crippen LogP contribution in [0.5, 0.6) is 0 Å². The van der Waals surface area contributed by atoms with Crippen LogP contribution in [0.25, 0.3) is 38.4 Å². The van der Waals surface area contributed by atoms with Gasteiger partial charge in [0.05, 0.1) is 11.0 Å². The zero-order valence-electron chi connectivity index (χ0n) is 27.1. The van der Waals surface area contributed by atoms with Crippen LogP contribution >= 0.6 is 14.3 Å². The largest absolute Gasteiger partial charge is 0.361 e. The van der Waals surface area contributed by atoms with Crippen molar-refractivity contribution < 1.29 is 9.13 Å². The molecule has 2 heterocycles. The van der Waals surface area contributed by atoms with Crippen molar-refractivity contribution in [2.45, 2.75) is 0 Å². The zero-order valence-corrected chi connectivity index (χ0v) is 28.8.